The Bertz CT molecular complexity index is 746. The predicted molar refractivity (Wildman–Crippen MR) is 97.1 cm³/mol. The van der Waals surface area contributed by atoms with Gasteiger partial charge in [0.25, 0.3) is 11.8 Å². The first-order chi connectivity index (χ1) is 12.6. The van der Waals surface area contributed by atoms with Gasteiger partial charge in [0.2, 0.25) is 0 Å². The molecule has 0 aliphatic rings. The van der Waals surface area contributed by atoms with Gasteiger partial charge in [-0.25, -0.2) is 0 Å². The number of amides is 2. The van der Waals surface area contributed by atoms with Crippen LogP contribution in [0.2, 0.25) is 0 Å². The van der Waals surface area contributed by atoms with Crippen LogP contribution in [0.3, 0.4) is 0 Å². The number of benzene rings is 1. The molecule has 2 amide bonds. The highest BCUT2D eigenvalue weighted by atomic mass is 32.1. The van der Waals surface area contributed by atoms with E-state index in [4.69, 9.17) is 9.47 Å². The first-order valence-corrected chi connectivity index (χ1v) is 8.93. The van der Waals surface area contributed by atoms with Gasteiger partial charge in [-0.3, -0.25) is 14.4 Å². The fourth-order valence-corrected chi connectivity index (χ4v) is 2.67. The zero-order valence-electron chi connectivity index (χ0n) is 14.3. The fraction of sp³-hybridized carbons (Fsp3) is 0.278. The summed E-state index contributed by atoms with van der Waals surface area (Å²) in [6, 6.07) is 10.5. The maximum Gasteiger partial charge on any atom is 0.325 e. The molecule has 2 N–H and O–H groups in total. The number of para-hydroxylation sites is 1. The van der Waals surface area contributed by atoms with Crippen molar-refractivity contribution in [3.05, 3.63) is 52.2 Å². The molecule has 138 valence electrons. The number of thiophene rings is 1. The Morgan fingerprint density at radius 1 is 1.08 bits per heavy atom. The van der Waals surface area contributed by atoms with Gasteiger partial charge in [0.15, 0.2) is 6.61 Å². The maximum atomic E-state index is 12.1. The average Bonchev–Trinajstić information content (AvgIpc) is 3.17. The predicted octanol–water partition coefficient (Wildman–Crippen LogP) is 1.74. The van der Waals surface area contributed by atoms with Crippen LogP contribution in [-0.2, 0) is 20.9 Å². The summed E-state index contributed by atoms with van der Waals surface area (Å²) in [5.41, 5.74) is 0.329. The summed E-state index contributed by atoms with van der Waals surface area (Å²) in [5, 5.41) is 7.01. The van der Waals surface area contributed by atoms with Crippen LogP contribution >= 0.6 is 11.3 Å². The van der Waals surface area contributed by atoms with E-state index < -0.39 is 24.4 Å². The highest BCUT2D eigenvalue weighted by molar-refractivity contribution is 7.09. The van der Waals surface area contributed by atoms with E-state index in [1.54, 1.807) is 24.3 Å². The van der Waals surface area contributed by atoms with Gasteiger partial charge >= 0.3 is 5.97 Å². The molecule has 1 aromatic carbocycles. The molecule has 0 spiro atoms. The van der Waals surface area contributed by atoms with Crippen molar-refractivity contribution in [3.63, 3.8) is 0 Å². The molecule has 26 heavy (non-hydrogen) atoms. The van der Waals surface area contributed by atoms with E-state index in [0.29, 0.717) is 24.5 Å². The lowest BCUT2D eigenvalue weighted by Crippen LogP contribution is -2.33. The standard InChI is InChI=1S/C18H20N2O5S/c1-2-24-15-8-4-3-7-14(15)18(23)20-11-17(22)25-12-16(21)19-10-13-6-5-9-26-13/h3-9H,2,10-12H2,1H3,(H,19,21)(H,20,23). The topological polar surface area (TPSA) is 93.7 Å². The third-order valence-electron chi connectivity index (χ3n) is 3.23. The van der Waals surface area contributed by atoms with Crippen LogP contribution in [0.15, 0.2) is 41.8 Å². The summed E-state index contributed by atoms with van der Waals surface area (Å²) in [4.78, 5) is 36.5. The van der Waals surface area contributed by atoms with Crippen LogP contribution in [0.1, 0.15) is 22.2 Å². The first kappa shape index (κ1) is 19.5. The van der Waals surface area contributed by atoms with Crippen molar-refractivity contribution in [1.29, 1.82) is 0 Å². The van der Waals surface area contributed by atoms with Gasteiger partial charge in [-0.05, 0) is 30.5 Å². The number of ether oxygens (including phenoxy) is 2. The smallest absolute Gasteiger partial charge is 0.325 e. The zero-order valence-corrected chi connectivity index (χ0v) is 15.1. The third-order valence-corrected chi connectivity index (χ3v) is 4.11. The molecule has 0 fully saturated rings. The lowest BCUT2D eigenvalue weighted by atomic mass is 10.2. The van der Waals surface area contributed by atoms with E-state index in [9.17, 15) is 14.4 Å². The summed E-state index contributed by atoms with van der Waals surface area (Å²) in [6.45, 7) is 1.90. The minimum absolute atomic E-state index is 0.329. The van der Waals surface area contributed by atoms with Crippen LogP contribution in [0.25, 0.3) is 0 Å². The van der Waals surface area contributed by atoms with Gasteiger partial charge in [0, 0.05) is 4.88 Å². The first-order valence-electron chi connectivity index (χ1n) is 8.05. The largest absolute Gasteiger partial charge is 0.493 e. The number of carbonyl (C=O) groups is 3. The molecule has 7 nitrogen and oxygen atoms in total. The van der Waals surface area contributed by atoms with Crippen molar-refractivity contribution in [2.24, 2.45) is 0 Å². The molecule has 8 heteroatoms. The molecule has 0 aliphatic heterocycles. The van der Waals surface area contributed by atoms with Gasteiger partial charge in [-0.1, -0.05) is 18.2 Å². The Labute approximate surface area is 155 Å². The Kier molecular flexibility index (Phi) is 7.63. The monoisotopic (exact) mass is 376 g/mol. The van der Waals surface area contributed by atoms with Gasteiger partial charge in [-0.15, -0.1) is 11.3 Å². The Morgan fingerprint density at radius 3 is 2.62 bits per heavy atom. The van der Waals surface area contributed by atoms with Gasteiger partial charge < -0.3 is 20.1 Å². The van der Waals surface area contributed by atoms with Gasteiger partial charge in [0.1, 0.15) is 12.3 Å². The highest BCUT2D eigenvalue weighted by Crippen LogP contribution is 2.17. The Morgan fingerprint density at radius 2 is 1.88 bits per heavy atom. The van der Waals surface area contributed by atoms with Crippen LogP contribution in [0.4, 0.5) is 0 Å². The van der Waals surface area contributed by atoms with Crippen LogP contribution in [0, 0.1) is 0 Å². The molecule has 2 aromatic rings. The number of hydrogen-bond donors (Lipinski definition) is 2. The van der Waals surface area contributed by atoms with Crippen LogP contribution in [0.5, 0.6) is 5.75 Å². The lowest BCUT2D eigenvalue weighted by molar-refractivity contribution is -0.147. The molecule has 0 saturated heterocycles. The number of hydrogen-bond acceptors (Lipinski definition) is 6. The summed E-state index contributed by atoms with van der Waals surface area (Å²) in [7, 11) is 0. The van der Waals surface area contributed by atoms with E-state index in [1.807, 2.05) is 24.4 Å². The third kappa shape index (κ3) is 6.21. The van der Waals surface area contributed by atoms with Crippen molar-refractivity contribution < 1.29 is 23.9 Å². The van der Waals surface area contributed by atoms with Crippen molar-refractivity contribution in [2.75, 3.05) is 19.8 Å². The molecular formula is C18H20N2O5S. The second kappa shape index (κ2) is 10.2. The molecule has 0 bridgehead atoms. The van der Waals surface area contributed by atoms with Crippen molar-refractivity contribution in [1.82, 2.24) is 10.6 Å². The second-order valence-corrected chi connectivity index (χ2v) is 6.16. The molecule has 2 rings (SSSR count). The number of esters is 1. The molecule has 0 atom stereocenters. The molecule has 0 radical (unpaired) electrons. The average molecular weight is 376 g/mol. The SMILES string of the molecule is CCOc1ccccc1C(=O)NCC(=O)OCC(=O)NCc1cccs1. The zero-order chi connectivity index (χ0) is 18.8. The summed E-state index contributed by atoms with van der Waals surface area (Å²) >= 11 is 1.52. The minimum Gasteiger partial charge on any atom is -0.493 e. The van der Waals surface area contributed by atoms with Crippen LogP contribution < -0.4 is 15.4 Å². The minimum atomic E-state index is -0.696. The number of nitrogens with one attached hydrogen (secondary N) is 2. The molecule has 1 aromatic heterocycles. The lowest BCUT2D eigenvalue weighted by Gasteiger charge is -2.10. The summed E-state index contributed by atoms with van der Waals surface area (Å²) in [6.07, 6.45) is 0. The fourth-order valence-electron chi connectivity index (χ4n) is 2.03. The normalized spacial score (nSPS) is 10.0. The van der Waals surface area contributed by atoms with E-state index in [2.05, 4.69) is 10.6 Å². The summed E-state index contributed by atoms with van der Waals surface area (Å²) < 4.78 is 10.2. The van der Waals surface area contributed by atoms with Crippen molar-refractivity contribution in [2.45, 2.75) is 13.5 Å². The van der Waals surface area contributed by atoms with Crippen LogP contribution in [-0.4, -0.2) is 37.5 Å². The Hall–Kier alpha value is -2.87. The quantitative estimate of drug-likeness (QED) is 0.650. The van der Waals surface area contributed by atoms with Gasteiger partial charge in [-0.2, -0.15) is 0 Å². The molecule has 0 aliphatic carbocycles. The molecular weight excluding hydrogens is 356 g/mol. The van der Waals surface area contributed by atoms with E-state index in [0.717, 1.165) is 4.88 Å². The van der Waals surface area contributed by atoms with Crippen molar-refractivity contribution in [3.8, 4) is 5.75 Å². The van der Waals surface area contributed by atoms with E-state index >= 15 is 0 Å². The maximum absolute atomic E-state index is 12.1. The summed E-state index contributed by atoms with van der Waals surface area (Å²) in [5.74, 6) is -1.11. The van der Waals surface area contributed by atoms with Gasteiger partial charge in [0.05, 0.1) is 18.7 Å². The van der Waals surface area contributed by atoms with Crippen molar-refractivity contribution >= 4 is 29.1 Å². The second-order valence-electron chi connectivity index (χ2n) is 5.13. The van der Waals surface area contributed by atoms with E-state index in [-0.39, 0.29) is 6.54 Å². The number of rotatable bonds is 9. The highest BCUT2D eigenvalue weighted by Gasteiger charge is 2.14. The molecule has 0 saturated carbocycles. The Balaban J connectivity index is 1.71. The number of carbonyl (C=O) groups excluding carboxylic acids is 3. The molecule has 1 heterocycles. The van der Waals surface area contributed by atoms with E-state index in [1.165, 1.54) is 11.3 Å². The molecule has 0 unspecified atom stereocenters.